The Bertz CT molecular complexity index is 935. The third-order valence-corrected chi connectivity index (χ3v) is 5.54. The number of hydrogen-bond donors (Lipinski definition) is 1. The SMILES string of the molecule is O=C(Nc1nc(-c2ccccc2Cl)cs1)C1(c2ccc(F)cc2)CC1. The van der Waals surface area contributed by atoms with Gasteiger partial charge >= 0.3 is 0 Å². The fourth-order valence-corrected chi connectivity index (χ4v) is 3.82. The molecule has 0 saturated heterocycles. The zero-order valence-electron chi connectivity index (χ0n) is 13.1. The summed E-state index contributed by atoms with van der Waals surface area (Å²) in [4.78, 5) is 17.2. The Morgan fingerprint density at radius 3 is 2.56 bits per heavy atom. The molecule has 1 heterocycles. The van der Waals surface area contributed by atoms with E-state index < -0.39 is 5.41 Å². The van der Waals surface area contributed by atoms with E-state index in [0.717, 1.165) is 29.7 Å². The first-order valence-electron chi connectivity index (χ1n) is 7.86. The van der Waals surface area contributed by atoms with Gasteiger partial charge in [-0.25, -0.2) is 9.37 Å². The van der Waals surface area contributed by atoms with Crippen molar-refractivity contribution in [2.24, 2.45) is 0 Å². The number of hydrogen-bond acceptors (Lipinski definition) is 3. The van der Waals surface area contributed by atoms with Gasteiger partial charge in [-0.2, -0.15) is 0 Å². The van der Waals surface area contributed by atoms with Crippen LogP contribution < -0.4 is 5.32 Å². The summed E-state index contributed by atoms with van der Waals surface area (Å²) < 4.78 is 13.1. The second-order valence-corrected chi connectivity index (χ2v) is 7.33. The topological polar surface area (TPSA) is 42.0 Å². The van der Waals surface area contributed by atoms with Gasteiger partial charge in [-0.3, -0.25) is 4.79 Å². The van der Waals surface area contributed by atoms with Crippen LogP contribution in [0.4, 0.5) is 9.52 Å². The van der Waals surface area contributed by atoms with Crippen molar-refractivity contribution >= 4 is 34.0 Å². The highest BCUT2D eigenvalue weighted by Crippen LogP contribution is 2.49. The third kappa shape index (κ3) is 3.05. The number of aromatic nitrogens is 1. The molecule has 0 radical (unpaired) electrons. The largest absolute Gasteiger partial charge is 0.301 e. The maximum absolute atomic E-state index is 13.1. The molecule has 1 fully saturated rings. The molecule has 0 bridgehead atoms. The summed E-state index contributed by atoms with van der Waals surface area (Å²) in [6.07, 6.45) is 1.51. The van der Waals surface area contributed by atoms with Gasteiger partial charge in [-0.1, -0.05) is 41.9 Å². The first-order chi connectivity index (χ1) is 12.1. The number of nitrogens with zero attached hydrogens (tertiary/aromatic N) is 1. The number of anilines is 1. The Labute approximate surface area is 153 Å². The Kier molecular flexibility index (Phi) is 4.06. The minimum atomic E-state index is -0.566. The first-order valence-corrected chi connectivity index (χ1v) is 9.12. The molecule has 126 valence electrons. The van der Waals surface area contributed by atoms with Crippen LogP contribution in [0.15, 0.2) is 53.9 Å². The molecule has 25 heavy (non-hydrogen) atoms. The van der Waals surface area contributed by atoms with E-state index >= 15 is 0 Å². The van der Waals surface area contributed by atoms with Crippen molar-refractivity contribution in [3.05, 3.63) is 70.3 Å². The standard InChI is InChI=1S/C19H14ClFN2OS/c20-15-4-2-1-3-14(15)16-11-25-18(22-16)23-17(24)19(9-10-19)12-5-7-13(21)8-6-12/h1-8,11H,9-10H2,(H,22,23,24). The molecule has 1 amide bonds. The van der Waals surface area contributed by atoms with E-state index in [0.29, 0.717) is 10.2 Å². The van der Waals surface area contributed by atoms with Crippen molar-refractivity contribution in [2.45, 2.75) is 18.3 Å². The summed E-state index contributed by atoms with van der Waals surface area (Å²) >= 11 is 7.56. The summed E-state index contributed by atoms with van der Waals surface area (Å²) in [7, 11) is 0. The monoisotopic (exact) mass is 372 g/mol. The van der Waals surface area contributed by atoms with Gasteiger partial charge in [0.05, 0.1) is 11.1 Å². The molecule has 0 aliphatic heterocycles. The van der Waals surface area contributed by atoms with E-state index in [1.54, 1.807) is 12.1 Å². The molecule has 1 N–H and O–H groups in total. The average Bonchev–Trinajstić information content (AvgIpc) is 3.30. The Hall–Kier alpha value is -2.24. The van der Waals surface area contributed by atoms with Crippen LogP contribution in [0.2, 0.25) is 5.02 Å². The van der Waals surface area contributed by atoms with Gasteiger partial charge < -0.3 is 5.32 Å². The van der Waals surface area contributed by atoms with Crippen LogP contribution >= 0.6 is 22.9 Å². The maximum Gasteiger partial charge on any atom is 0.236 e. The summed E-state index contributed by atoms with van der Waals surface area (Å²) in [5, 5.41) is 5.92. The van der Waals surface area contributed by atoms with Crippen LogP contribution in [0.1, 0.15) is 18.4 Å². The van der Waals surface area contributed by atoms with Crippen molar-refractivity contribution in [3.8, 4) is 11.3 Å². The molecule has 0 spiro atoms. The predicted molar refractivity (Wildman–Crippen MR) is 98.5 cm³/mol. The molecule has 4 rings (SSSR count). The fourth-order valence-electron chi connectivity index (χ4n) is 2.88. The number of thiazole rings is 1. The summed E-state index contributed by atoms with van der Waals surface area (Å²) in [6, 6.07) is 13.6. The minimum Gasteiger partial charge on any atom is -0.301 e. The minimum absolute atomic E-state index is 0.0980. The normalized spacial score (nSPS) is 15.0. The smallest absolute Gasteiger partial charge is 0.236 e. The lowest BCUT2D eigenvalue weighted by Crippen LogP contribution is -2.27. The second kappa shape index (κ2) is 6.24. The van der Waals surface area contributed by atoms with Crippen molar-refractivity contribution in [1.82, 2.24) is 4.98 Å². The molecule has 1 aromatic heterocycles. The van der Waals surface area contributed by atoms with Gasteiger partial charge in [-0.15, -0.1) is 11.3 Å². The average molecular weight is 373 g/mol. The fraction of sp³-hybridized carbons (Fsp3) is 0.158. The molecule has 6 heteroatoms. The highest BCUT2D eigenvalue weighted by Gasteiger charge is 2.51. The van der Waals surface area contributed by atoms with Crippen molar-refractivity contribution in [3.63, 3.8) is 0 Å². The molecule has 0 atom stereocenters. The number of benzene rings is 2. The zero-order chi connectivity index (χ0) is 17.4. The molecule has 3 aromatic rings. The lowest BCUT2D eigenvalue weighted by Gasteiger charge is -2.14. The Morgan fingerprint density at radius 1 is 1.16 bits per heavy atom. The van der Waals surface area contributed by atoms with Crippen molar-refractivity contribution in [1.29, 1.82) is 0 Å². The maximum atomic E-state index is 13.1. The summed E-state index contributed by atoms with van der Waals surface area (Å²) in [5.74, 6) is -0.400. The highest BCUT2D eigenvalue weighted by molar-refractivity contribution is 7.14. The second-order valence-electron chi connectivity index (χ2n) is 6.06. The molecule has 2 aromatic carbocycles. The van der Waals surface area contributed by atoms with Crippen LogP contribution in [0.25, 0.3) is 11.3 Å². The quantitative estimate of drug-likeness (QED) is 0.677. The molecular weight excluding hydrogens is 359 g/mol. The van der Waals surface area contributed by atoms with Crippen molar-refractivity contribution in [2.75, 3.05) is 5.32 Å². The highest BCUT2D eigenvalue weighted by atomic mass is 35.5. The van der Waals surface area contributed by atoms with Gasteiger partial charge in [0.1, 0.15) is 5.82 Å². The van der Waals surface area contributed by atoms with Gasteiger partial charge in [-0.05, 0) is 36.6 Å². The Balaban J connectivity index is 1.54. The first kappa shape index (κ1) is 16.2. The summed E-state index contributed by atoms with van der Waals surface area (Å²) in [5.41, 5.74) is 1.84. The number of carbonyl (C=O) groups is 1. The number of carbonyl (C=O) groups excluding carboxylic acids is 1. The molecule has 1 aliphatic carbocycles. The number of nitrogens with one attached hydrogen (secondary N) is 1. The van der Waals surface area contributed by atoms with Gasteiger partial charge in [0.15, 0.2) is 5.13 Å². The third-order valence-electron chi connectivity index (χ3n) is 4.46. The van der Waals surface area contributed by atoms with E-state index in [1.165, 1.54) is 23.5 Å². The molecule has 1 saturated carbocycles. The van der Waals surface area contributed by atoms with Crippen LogP contribution in [0.3, 0.4) is 0 Å². The van der Waals surface area contributed by atoms with Crippen LogP contribution in [-0.2, 0) is 10.2 Å². The zero-order valence-corrected chi connectivity index (χ0v) is 14.7. The number of halogens is 2. The molecular formula is C19H14ClFN2OS. The molecule has 0 unspecified atom stereocenters. The lowest BCUT2D eigenvalue weighted by atomic mass is 9.95. The molecule has 1 aliphatic rings. The van der Waals surface area contributed by atoms with Gasteiger partial charge in [0.25, 0.3) is 0 Å². The number of amides is 1. The van der Waals surface area contributed by atoms with Crippen LogP contribution in [0, 0.1) is 5.82 Å². The van der Waals surface area contributed by atoms with Crippen molar-refractivity contribution < 1.29 is 9.18 Å². The number of rotatable bonds is 4. The van der Waals surface area contributed by atoms with Crippen LogP contribution in [-0.4, -0.2) is 10.9 Å². The lowest BCUT2D eigenvalue weighted by molar-refractivity contribution is -0.118. The van der Waals surface area contributed by atoms with E-state index in [1.807, 2.05) is 29.6 Å². The van der Waals surface area contributed by atoms with E-state index in [-0.39, 0.29) is 11.7 Å². The predicted octanol–water partition coefficient (Wildman–Crippen LogP) is 5.27. The Morgan fingerprint density at radius 2 is 1.88 bits per heavy atom. The van der Waals surface area contributed by atoms with E-state index in [4.69, 9.17) is 11.6 Å². The molecule has 3 nitrogen and oxygen atoms in total. The van der Waals surface area contributed by atoms with Crippen LogP contribution in [0.5, 0.6) is 0 Å². The van der Waals surface area contributed by atoms with E-state index in [9.17, 15) is 9.18 Å². The van der Waals surface area contributed by atoms with Gasteiger partial charge in [0.2, 0.25) is 5.91 Å². The van der Waals surface area contributed by atoms with E-state index in [2.05, 4.69) is 10.3 Å². The van der Waals surface area contributed by atoms with Gasteiger partial charge in [0, 0.05) is 16.0 Å². The summed E-state index contributed by atoms with van der Waals surface area (Å²) in [6.45, 7) is 0.